The van der Waals surface area contributed by atoms with Gasteiger partial charge in [0.2, 0.25) is 5.28 Å². The smallest absolute Gasteiger partial charge is 0.258 e. The Morgan fingerprint density at radius 2 is 1.80 bits per heavy atom. The molecule has 104 valence electrons. The van der Waals surface area contributed by atoms with Crippen molar-refractivity contribution in [3.63, 3.8) is 0 Å². The number of rotatable bonds is 2. The fourth-order valence-electron chi connectivity index (χ4n) is 1.83. The zero-order chi connectivity index (χ0) is 14.9. The molecule has 0 fully saturated rings. The molecule has 20 heavy (non-hydrogen) atoms. The Labute approximate surface area is 121 Å². The van der Waals surface area contributed by atoms with Gasteiger partial charge >= 0.3 is 5.69 Å². The van der Waals surface area contributed by atoms with Crippen LogP contribution in [-0.2, 0) is 5.41 Å². The molecule has 0 amide bonds. The second-order valence-electron chi connectivity index (χ2n) is 5.46. The first kappa shape index (κ1) is 14.4. The van der Waals surface area contributed by atoms with E-state index in [0.717, 1.165) is 11.8 Å². The summed E-state index contributed by atoms with van der Waals surface area (Å²) in [5.41, 5.74) is 1.89. The van der Waals surface area contributed by atoms with Crippen molar-refractivity contribution in [1.82, 2.24) is 9.97 Å². The van der Waals surface area contributed by atoms with Gasteiger partial charge in [0.25, 0.3) is 0 Å². The van der Waals surface area contributed by atoms with Crippen molar-refractivity contribution in [3.05, 3.63) is 51.4 Å². The average molecular weight is 292 g/mol. The summed E-state index contributed by atoms with van der Waals surface area (Å²) in [6.45, 7) is 6.31. The first-order chi connectivity index (χ1) is 9.29. The van der Waals surface area contributed by atoms with Crippen LogP contribution >= 0.6 is 11.6 Å². The molecule has 0 saturated carbocycles. The quantitative estimate of drug-likeness (QED) is 0.476. The maximum Gasteiger partial charge on any atom is 0.313 e. The Morgan fingerprint density at radius 1 is 1.20 bits per heavy atom. The second kappa shape index (κ2) is 5.17. The summed E-state index contributed by atoms with van der Waals surface area (Å²) in [4.78, 5) is 18.1. The Kier molecular flexibility index (Phi) is 3.72. The van der Waals surface area contributed by atoms with Crippen LogP contribution < -0.4 is 0 Å². The molecule has 0 bridgehead atoms. The van der Waals surface area contributed by atoms with Gasteiger partial charge in [-0.05, 0) is 22.6 Å². The number of nitro groups is 1. The molecule has 0 aliphatic carbocycles. The van der Waals surface area contributed by atoms with Crippen LogP contribution in [0.15, 0.2) is 30.5 Å². The van der Waals surface area contributed by atoms with Crippen LogP contribution in [0.2, 0.25) is 5.28 Å². The van der Waals surface area contributed by atoms with Crippen LogP contribution in [0.1, 0.15) is 26.3 Å². The summed E-state index contributed by atoms with van der Waals surface area (Å²) < 4.78 is 0. The van der Waals surface area contributed by atoms with Crippen LogP contribution in [0.25, 0.3) is 11.3 Å². The third-order valence-electron chi connectivity index (χ3n) is 2.96. The van der Waals surface area contributed by atoms with E-state index in [1.54, 1.807) is 0 Å². The van der Waals surface area contributed by atoms with Crippen molar-refractivity contribution in [2.45, 2.75) is 26.2 Å². The van der Waals surface area contributed by atoms with E-state index < -0.39 is 4.92 Å². The molecule has 0 unspecified atom stereocenters. The van der Waals surface area contributed by atoms with E-state index in [1.807, 2.05) is 24.3 Å². The van der Waals surface area contributed by atoms with Gasteiger partial charge in [-0.2, -0.15) is 0 Å². The van der Waals surface area contributed by atoms with E-state index in [2.05, 4.69) is 30.7 Å². The SMILES string of the molecule is CC(C)(C)c1ccc(-c2nc(Cl)ncc2[N+](=O)[O-])cc1. The third kappa shape index (κ3) is 2.93. The highest BCUT2D eigenvalue weighted by Gasteiger charge is 2.19. The summed E-state index contributed by atoms with van der Waals surface area (Å²) in [5.74, 6) is 0. The summed E-state index contributed by atoms with van der Waals surface area (Å²) >= 11 is 5.73. The van der Waals surface area contributed by atoms with Crippen molar-refractivity contribution in [1.29, 1.82) is 0 Å². The van der Waals surface area contributed by atoms with E-state index in [0.29, 0.717) is 5.56 Å². The number of hydrogen-bond acceptors (Lipinski definition) is 4. The zero-order valence-electron chi connectivity index (χ0n) is 11.4. The topological polar surface area (TPSA) is 68.9 Å². The summed E-state index contributed by atoms with van der Waals surface area (Å²) in [5, 5.41) is 11.0. The normalized spacial score (nSPS) is 11.4. The van der Waals surface area contributed by atoms with Gasteiger partial charge in [0.15, 0.2) is 5.69 Å². The van der Waals surface area contributed by atoms with Crippen LogP contribution in [-0.4, -0.2) is 14.9 Å². The second-order valence-corrected chi connectivity index (χ2v) is 5.80. The molecule has 0 aliphatic rings. The number of aromatic nitrogens is 2. The Hall–Kier alpha value is -2.01. The number of hydrogen-bond donors (Lipinski definition) is 0. The van der Waals surface area contributed by atoms with Gasteiger partial charge < -0.3 is 0 Å². The first-order valence-electron chi connectivity index (χ1n) is 6.07. The Bertz CT molecular complexity index is 648. The molecule has 0 saturated heterocycles. The monoisotopic (exact) mass is 291 g/mol. The van der Waals surface area contributed by atoms with Gasteiger partial charge in [0.05, 0.1) is 4.92 Å². The molecular formula is C14H14ClN3O2. The molecule has 0 aliphatic heterocycles. The van der Waals surface area contributed by atoms with E-state index in [-0.39, 0.29) is 22.1 Å². The lowest BCUT2D eigenvalue weighted by atomic mass is 9.86. The van der Waals surface area contributed by atoms with E-state index >= 15 is 0 Å². The van der Waals surface area contributed by atoms with Gasteiger partial charge in [-0.3, -0.25) is 10.1 Å². The minimum atomic E-state index is -0.511. The number of nitrogens with zero attached hydrogens (tertiary/aromatic N) is 3. The Balaban J connectivity index is 2.52. The van der Waals surface area contributed by atoms with Gasteiger partial charge in [-0.25, -0.2) is 9.97 Å². The molecule has 1 heterocycles. The molecule has 0 N–H and O–H groups in total. The van der Waals surface area contributed by atoms with Crippen LogP contribution in [0.5, 0.6) is 0 Å². The lowest BCUT2D eigenvalue weighted by molar-refractivity contribution is -0.384. The molecular weight excluding hydrogens is 278 g/mol. The van der Waals surface area contributed by atoms with Crippen LogP contribution in [0.4, 0.5) is 5.69 Å². The van der Waals surface area contributed by atoms with E-state index in [1.165, 1.54) is 0 Å². The molecule has 2 rings (SSSR count). The fourth-order valence-corrected chi connectivity index (χ4v) is 1.96. The van der Waals surface area contributed by atoms with Gasteiger partial charge in [-0.15, -0.1) is 0 Å². The van der Waals surface area contributed by atoms with E-state index in [9.17, 15) is 10.1 Å². The highest BCUT2D eigenvalue weighted by atomic mass is 35.5. The lowest BCUT2D eigenvalue weighted by Gasteiger charge is -2.19. The van der Waals surface area contributed by atoms with Crippen LogP contribution in [0.3, 0.4) is 0 Å². The van der Waals surface area contributed by atoms with Crippen molar-refractivity contribution < 1.29 is 4.92 Å². The molecule has 0 spiro atoms. The highest BCUT2D eigenvalue weighted by molar-refractivity contribution is 6.28. The lowest BCUT2D eigenvalue weighted by Crippen LogP contribution is -2.10. The first-order valence-corrected chi connectivity index (χ1v) is 6.44. The third-order valence-corrected chi connectivity index (χ3v) is 3.14. The standard InChI is InChI=1S/C14H14ClN3O2/c1-14(2,3)10-6-4-9(5-7-10)12-11(18(19)20)8-16-13(15)17-12/h4-8H,1-3H3. The fraction of sp³-hybridized carbons (Fsp3) is 0.286. The number of benzene rings is 1. The minimum Gasteiger partial charge on any atom is -0.258 e. The van der Waals surface area contributed by atoms with Crippen LogP contribution in [0, 0.1) is 10.1 Å². The van der Waals surface area contributed by atoms with Crippen molar-refractivity contribution in [2.24, 2.45) is 0 Å². The van der Waals surface area contributed by atoms with Crippen molar-refractivity contribution in [2.75, 3.05) is 0 Å². The molecule has 2 aromatic rings. The minimum absolute atomic E-state index is 0.00880. The van der Waals surface area contributed by atoms with Crippen molar-refractivity contribution in [3.8, 4) is 11.3 Å². The number of halogens is 1. The molecule has 5 nitrogen and oxygen atoms in total. The summed E-state index contributed by atoms with van der Waals surface area (Å²) in [6.07, 6.45) is 1.13. The molecule has 1 aromatic heterocycles. The Morgan fingerprint density at radius 3 is 2.30 bits per heavy atom. The predicted molar refractivity (Wildman–Crippen MR) is 77.8 cm³/mol. The largest absolute Gasteiger partial charge is 0.313 e. The molecule has 1 aromatic carbocycles. The predicted octanol–water partition coefficient (Wildman–Crippen LogP) is 4.00. The van der Waals surface area contributed by atoms with Gasteiger partial charge in [-0.1, -0.05) is 45.0 Å². The van der Waals surface area contributed by atoms with E-state index in [4.69, 9.17) is 11.6 Å². The van der Waals surface area contributed by atoms with Gasteiger partial charge in [0.1, 0.15) is 6.20 Å². The molecule has 0 radical (unpaired) electrons. The summed E-state index contributed by atoms with van der Waals surface area (Å²) in [6, 6.07) is 7.50. The van der Waals surface area contributed by atoms with Crippen molar-refractivity contribution >= 4 is 17.3 Å². The maximum absolute atomic E-state index is 11.0. The highest BCUT2D eigenvalue weighted by Crippen LogP contribution is 2.30. The summed E-state index contributed by atoms with van der Waals surface area (Å²) in [7, 11) is 0. The zero-order valence-corrected chi connectivity index (χ0v) is 12.2. The average Bonchev–Trinajstić information content (AvgIpc) is 2.37. The van der Waals surface area contributed by atoms with Gasteiger partial charge in [0, 0.05) is 5.56 Å². The molecule has 6 heteroatoms. The molecule has 0 atom stereocenters. The maximum atomic E-state index is 11.0.